The Balaban J connectivity index is 2.51. The van der Waals surface area contributed by atoms with Gasteiger partial charge in [0.25, 0.3) is 0 Å². The summed E-state index contributed by atoms with van der Waals surface area (Å²) >= 11 is 0. The van der Waals surface area contributed by atoms with Crippen molar-refractivity contribution in [2.45, 2.75) is 0 Å². The van der Waals surface area contributed by atoms with Gasteiger partial charge in [-0.25, -0.2) is 0 Å². The van der Waals surface area contributed by atoms with Gasteiger partial charge in [0.1, 0.15) is 0 Å². The molecule has 0 atom stereocenters. The van der Waals surface area contributed by atoms with Gasteiger partial charge in [-0.15, -0.1) is 0 Å². The first kappa shape index (κ1) is 9.96. The van der Waals surface area contributed by atoms with Gasteiger partial charge in [-0.05, 0) is 35.4 Å². The van der Waals surface area contributed by atoms with Gasteiger partial charge in [0.2, 0.25) is 0 Å². The van der Waals surface area contributed by atoms with E-state index in [2.05, 4.69) is 12.1 Å². The molecular weight excluding hydrogens is 196 g/mol. The monoisotopic (exact) mass is 204 g/mol. The number of nitriles is 2. The minimum Gasteiger partial charge on any atom is -0.192 e. The minimum absolute atomic E-state index is 0.625. The van der Waals surface area contributed by atoms with Crippen molar-refractivity contribution >= 4 is 0 Å². The largest absolute Gasteiger partial charge is 0.192 e. The fraction of sp³-hybridized carbons (Fsp3) is 0. The quantitative estimate of drug-likeness (QED) is 0.716. The van der Waals surface area contributed by atoms with Crippen LogP contribution in [0.1, 0.15) is 11.1 Å². The van der Waals surface area contributed by atoms with E-state index < -0.39 is 0 Å². The average molecular weight is 204 g/mol. The molecule has 2 aromatic rings. The van der Waals surface area contributed by atoms with E-state index in [1.54, 1.807) is 12.1 Å². The highest BCUT2D eigenvalue weighted by Crippen LogP contribution is 2.21. The van der Waals surface area contributed by atoms with Gasteiger partial charge in [0.15, 0.2) is 0 Å². The van der Waals surface area contributed by atoms with Gasteiger partial charge in [-0.2, -0.15) is 10.5 Å². The second-order valence-corrected chi connectivity index (χ2v) is 3.39. The van der Waals surface area contributed by atoms with Crippen molar-refractivity contribution < 1.29 is 0 Å². The molecule has 0 aliphatic heterocycles. The molecule has 0 fully saturated rings. The van der Waals surface area contributed by atoms with Crippen LogP contribution in [-0.4, -0.2) is 0 Å². The van der Waals surface area contributed by atoms with Gasteiger partial charge < -0.3 is 0 Å². The zero-order valence-electron chi connectivity index (χ0n) is 8.51. The standard InChI is InChI=1S/C14H8N2/c15-9-11-3-1-5-13(7-11)14-6-2-4-12(8-14)10-16/h1-8H. The maximum atomic E-state index is 8.81. The Morgan fingerprint density at radius 1 is 0.688 bits per heavy atom. The molecule has 0 radical (unpaired) electrons. The van der Waals surface area contributed by atoms with Crippen molar-refractivity contribution in [2.24, 2.45) is 0 Å². The Bertz CT molecular complexity index is 545. The summed E-state index contributed by atoms with van der Waals surface area (Å²) in [5.74, 6) is 0. The third-order valence-electron chi connectivity index (χ3n) is 2.32. The number of hydrogen-bond donors (Lipinski definition) is 0. The lowest BCUT2D eigenvalue weighted by Crippen LogP contribution is -1.81. The maximum Gasteiger partial charge on any atom is 0.0991 e. The molecule has 16 heavy (non-hydrogen) atoms. The van der Waals surface area contributed by atoms with Crippen molar-refractivity contribution in [1.29, 1.82) is 10.5 Å². The SMILES string of the molecule is N#Cc1cccc(-c2cccc(C#N)c2)c1. The zero-order valence-corrected chi connectivity index (χ0v) is 8.51. The fourth-order valence-electron chi connectivity index (χ4n) is 1.54. The summed E-state index contributed by atoms with van der Waals surface area (Å²) in [7, 11) is 0. The molecule has 0 unspecified atom stereocenters. The average Bonchev–Trinajstić information content (AvgIpc) is 2.39. The summed E-state index contributed by atoms with van der Waals surface area (Å²) in [6, 6.07) is 18.9. The van der Waals surface area contributed by atoms with Gasteiger partial charge >= 0.3 is 0 Å². The molecule has 0 bridgehead atoms. The van der Waals surface area contributed by atoms with Crippen LogP contribution in [0.2, 0.25) is 0 Å². The summed E-state index contributed by atoms with van der Waals surface area (Å²) in [5, 5.41) is 17.6. The lowest BCUT2D eigenvalue weighted by atomic mass is 10.0. The number of nitrogens with zero attached hydrogens (tertiary/aromatic N) is 2. The molecule has 0 heterocycles. The van der Waals surface area contributed by atoms with Gasteiger partial charge in [0, 0.05) is 0 Å². The van der Waals surface area contributed by atoms with E-state index in [0.29, 0.717) is 11.1 Å². The molecule has 2 aromatic carbocycles. The van der Waals surface area contributed by atoms with E-state index in [1.165, 1.54) is 0 Å². The highest BCUT2D eigenvalue weighted by Gasteiger charge is 1.99. The van der Waals surface area contributed by atoms with Crippen molar-refractivity contribution in [1.82, 2.24) is 0 Å². The van der Waals surface area contributed by atoms with Crippen LogP contribution >= 0.6 is 0 Å². The van der Waals surface area contributed by atoms with E-state index in [1.807, 2.05) is 36.4 Å². The van der Waals surface area contributed by atoms with E-state index >= 15 is 0 Å². The molecular formula is C14H8N2. The topological polar surface area (TPSA) is 47.6 Å². The van der Waals surface area contributed by atoms with Crippen molar-refractivity contribution in [3.05, 3.63) is 59.7 Å². The lowest BCUT2D eigenvalue weighted by molar-refractivity contribution is 1.47. The third kappa shape index (κ3) is 1.92. The predicted octanol–water partition coefficient (Wildman–Crippen LogP) is 3.10. The van der Waals surface area contributed by atoms with Crippen LogP contribution in [0.15, 0.2) is 48.5 Å². The van der Waals surface area contributed by atoms with Crippen molar-refractivity contribution in [3.8, 4) is 23.3 Å². The Hall–Kier alpha value is -2.58. The molecule has 0 amide bonds. The smallest absolute Gasteiger partial charge is 0.0991 e. The van der Waals surface area contributed by atoms with Crippen LogP contribution in [0, 0.1) is 22.7 Å². The van der Waals surface area contributed by atoms with Crippen LogP contribution < -0.4 is 0 Å². The molecule has 0 aromatic heterocycles. The number of rotatable bonds is 1. The molecule has 0 saturated heterocycles. The molecule has 0 aliphatic rings. The van der Waals surface area contributed by atoms with Gasteiger partial charge in [-0.1, -0.05) is 24.3 Å². The first-order valence-electron chi connectivity index (χ1n) is 4.84. The predicted molar refractivity (Wildman–Crippen MR) is 61.3 cm³/mol. The first-order chi connectivity index (χ1) is 7.83. The Morgan fingerprint density at radius 2 is 1.12 bits per heavy atom. The van der Waals surface area contributed by atoms with Gasteiger partial charge in [-0.3, -0.25) is 0 Å². The number of hydrogen-bond acceptors (Lipinski definition) is 2. The molecule has 74 valence electrons. The summed E-state index contributed by atoms with van der Waals surface area (Å²) in [6.07, 6.45) is 0. The third-order valence-corrected chi connectivity index (χ3v) is 2.32. The van der Waals surface area contributed by atoms with E-state index in [4.69, 9.17) is 10.5 Å². The van der Waals surface area contributed by atoms with Crippen LogP contribution in [-0.2, 0) is 0 Å². The molecule has 0 saturated carbocycles. The Morgan fingerprint density at radius 3 is 1.50 bits per heavy atom. The fourth-order valence-corrected chi connectivity index (χ4v) is 1.54. The second-order valence-electron chi connectivity index (χ2n) is 3.39. The van der Waals surface area contributed by atoms with Crippen LogP contribution in [0.4, 0.5) is 0 Å². The van der Waals surface area contributed by atoms with E-state index in [0.717, 1.165) is 11.1 Å². The highest BCUT2D eigenvalue weighted by molar-refractivity contribution is 5.66. The molecule has 2 heteroatoms. The van der Waals surface area contributed by atoms with Crippen LogP contribution in [0.5, 0.6) is 0 Å². The lowest BCUT2D eigenvalue weighted by Gasteiger charge is -2.01. The molecule has 0 aliphatic carbocycles. The number of benzene rings is 2. The summed E-state index contributed by atoms with van der Waals surface area (Å²) in [6.45, 7) is 0. The first-order valence-corrected chi connectivity index (χ1v) is 4.84. The van der Waals surface area contributed by atoms with Gasteiger partial charge in [0.05, 0.1) is 23.3 Å². The second kappa shape index (κ2) is 4.29. The summed E-state index contributed by atoms with van der Waals surface area (Å²) in [4.78, 5) is 0. The van der Waals surface area contributed by atoms with E-state index in [9.17, 15) is 0 Å². The maximum absolute atomic E-state index is 8.81. The molecule has 2 nitrogen and oxygen atoms in total. The zero-order chi connectivity index (χ0) is 11.4. The minimum atomic E-state index is 0.625. The molecule has 0 spiro atoms. The Labute approximate surface area is 94.0 Å². The normalized spacial score (nSPS) is 9.12. The van der Waals surface area contributed by atoms with Crippen LogP contribution in [0.3, 0.4) is 0 Å². The van der Waals surface area contributed by atoms with Crippen LogP contribution in [0.25, 0.3) is 11.1 Å². The van der Waals surface area contributed by atoms with E-state index in [-0.39, 0.29) is 0 Å². The molecule has 0 N–H and O–H groups in total. The Kier molecular flexibility index (Phi) is 2.67. The summed E-state index contributed by atoms with van der Waals surface area (Å²) < 4.78 is 0. The molecule has 2 rings (SSSR count). The van der Waals surface area contributed by atoms with Crippen molar-refractivity contribution in [3.63, 3.8) is 0 Å². The van der Waals surface area contributed by atoms with Crippen molar-refractivity contribution in [2.75, 3.05) is 0 Å². The summed E-state index contributed by atoms with van der Waals surface area (Å²) in [5.41, 5.74) is 3.16. The highest BCUT2D eigenvalue weighted by atomic mass is 14.2.